The second-order valence-corrected chi connectivity index (χ2v) is 7.23. The highest BCUT2D eigenvalue weighted by atomic mass is 16.5. The molecule has 4 aromatic rings. The van der Waals surface area contributed by atoms with Crippen LogP contribution >= 0.6 is 0 Å². The van der Waals surface area contributed by atoms with Crippen molar-refractivity contribution in [3.05, 3.63) is 59.9 Å². The number of fused-ring (bicyclic) bond motifs is 3. The molecule has 0 fully saturated rings. The zero-order valence-electron chi connectivity index (χ0n) is 16.6. The summed E-state index contributed by atoms with van der Waals surface area (Å²) in [6.45, 7) is 4.24. The van der Waals surface area contributed by atoms with Gasteiger partial charge in [-0.3, -0.25) is 0 Å². The molecule has 0 radical (unpaired) electrons. The smallest absolute Gasteiger partial charge is 0.152 e. The average molecular weight is 374 g/mol. The Kier molecular flexibility index (Phi) is 4.90. The molecule has 2 N–H and O–H groups in total. The Morgan fingerprint density at radius 2 is 1.89 bits per heavy atom. The molecule has 0 bridgehead atoms. The number of ether oxygens (including phenoxy) is 1. The van der Waals surface area contributed by atoms with Crippen molar-refractivity contribution in [3.8, 4) is 5.75 Å². The maximum atomic E-state index is 6.21. The molecule has 2 aromatic heterocycles. The largest absolute Gasteiger partial charge is 0.486 e. The second kappa shape index (κ2) is 7.50. The van der Waals surface area contributed by atoms with Gasteiger partial charge < -0.3 is 15.0 Å². The quantitative estimate of drug-likeness (QED) is 0.504. The molecule has 0 amide bonds. The number of aromatic nitrogens is 3. The van der Waals surface area contributed by atoms with Gasteiger partial charge in [0.2, 0.25) is 0 Å². The van der Waals surface area contributed by atoms with E-state index in [1.165, 1.54) is 0 Å². The fourth-order valence-electron chi connectivity index (χ4n) is 3.64. The summed E-state index contributed by atoms with van der Waals surface area (Å²) in [5, 5.41) is 1.01. The van der Waals surface area contributed by atoms with Gasteiger partial charge in [0.1, 0.15) is 23.2 Å². The zero-order valence-corrected chi connectivity index (χ0v) is 16.6. The first-order valence-electron chi connectivity index (χ1n) is 9.84. The predicted octanol–water partition coefficient (Wildman–Crippen LogP) is 5.19. The minimum atomic E-state index is -0.0393. The highest BCUT2D eigenvalue weighted by Gasteiger charge is 2.16. The summed E-state index contributed by atoms with van der Waals surface area (Å²) in [7, 11) is 2.05. The van der Waals surface area contributed by atoms with Crippen LogP contribution in [0.3, 0.4) is 0 Å². The van der Waals surface area contributed by atoms with Gasteiger partial charge in [-0.1, -0.05) is 43.7 Å². The molecule has 144 valence electrons. The molecule has 5 heteroatoms. The van der Waals surface area contributed by atoms with E-state index in [2.05, 4.69) is 48.6 Å². The number of nitrogens with zero attached hydrogens (tertiary/aromatic N) is 3. The normalized spacial score (nSPS) is 12.5. The lowest BCUT2D eigenvalue weighted by Gasteiger charge is -2.16. The van der Waals surface area contributed by atoms with Gasteiger partial charge in [0.25, 0.3) is 0 Å². The van der Waals surface area contributed by atoms with Crippen molar-refractivity contribution in [2.24, 2.45) is 7.05 Å². The van der Waals surface area contributed by atoms with Gasteiger partial charge >= 0.3 is 0 Å². The van der Waals surface area contributed by atoms with E-state index in [1.807, 2.05) is 30.3 Å². The number of nitrogens with two attached hydrogens (primary N) is 1. The van der Waals surface area contributed by atoms with Crippen LogP contribution in [-0.4, -0.2) is 14.5 Å². The number of anilines is 1. The minimum Gasteiger partial charge on any atom is -0.486 e. The second-order valence-electron chi connectivity index (χ2n) is 7.23. The molecule has 5 nitrogen and oxygen atoms in total. The van der Waals surface area contributed by atoms with E-state index < -0.39 is 0 Å². The van der Waals surface area contributed by atoms with Crippen molar-refractivity contribution in [1.29, 1.82) is 0 Å². The monoisotopic (exact) mass is 374 g/mol. The first-order valence-corrected chi connectivity index (χ1v) is 9.84. The van der Waals surface area contributed by atoms with E-state index in [0.29, 0.717) is 5.82 Å². The van der Waals surface area contributed by atoms with Crippen molar-refractivity contribution < 1.29 is 4.74 Å². The van der Waals surface area contributed by atoms with Crippen molar-refractivity contribution in [3.63, 3.8) is 0 Å². The maximum Gasteiger partial charge on any atom is 0.152 e. The number of hydrogen-bond donors (Lipinski definition) is 1. The van der Waals surface area contributed by atoms with Crippen molar-refractivity contribution in [2.45, 2.75) is 39.2 Å². The third-order valence-electron chi connectivity index (χ3n) is 5.23. The lowest BCUT2D eigenvalue weighted by molar-refractivity contribution is 0.227. The number of pyridine rings is 1. The van der Waals surface area contributed by atoms with Crippen LogP contribution in [0.5, 0.6) is 5.75 Å². The van der Waals surface area contributed by atoms with Crippen LogP contribution in [0, 0.1) is 0 Å². The first kappa shape index (κ1) is 18.3. The molecule has 1 atom stereocenters. The molecule has 0 spiro atoms. The summed E-state index contributed by atoms with van der Waals surface area (Å²) in [5.74, 6) is 2.34. The van der Waals surface area contributed by atoms with Gasteiger partial charge in [-0.2, -0.15) is 0 Å². The summed E-state index contributed by atoms with van der Waals surface area (Å²) in [6.07, 6.45) is 3.13. The number of aryl methyl sites for hydroxylation is 2. The molecule has 0 aliphatic heterocycles. The fraction of sp³-hybridized carbons (Fsp3) is 0.304. The molecule has 0 aliphatic rings. The van der Waals surface area contributed by atoms with Gasteiger partial charge in [-0.05, 0) is 37.1 Å². The number of nitrogen functional groups attached to an aromatic ring is 1. The highest BCUT2D eigenvalue weighted by Crippen LogP contribution is 2.32. The van der Waals surface area contributed by atoms with E-state index in [-0.39, 0.29) is 6.10 Å². The Hall–Kier alpha value is -3.08. The number of imidazole rings is 1. The Bertz CT molecular complexity index is 1120. The summed E-state index contributed by atoms with van der Waals surface area (Å²) >= 11 is 0. The summed E-state index contributed by atoms with van der Waals surface area (Å²) < 4.78 is 8.36. The van der Waals surface area contributed by atoms with Crippen LogP contribution in [0.2, 0.25) is 0 Å². The Labute approximate surface area is 165 Å². The van der Waals surface area contributed by atoms with E-state index in [1.54, 1.807) is 0 Å². The lowest BCUT2D eigenvalue weighted by Crippen LogP contribution is -2.03. The zero-order chi connectivity index (χ0) is 19.7. The van der Waals surface area contributed by atoms with Crippen LogP contribution in [0.1, 0.15) is 44.2 Å². The number of rotatable bonds is 6. The molecule has 0 saturated heterocycles. The Morgan fingerprint density at radius 3 is 2.64 bits per heavy atom. The van der Waals surface area contributed by atoms with Gasteiger partial charge in [0.15, 0.2) is 5.82 Å². The molecule has 0 aliphatic carbocycles. The number of hydrogen-bond acceptors (Lipinski definition) is 4. The summed E-state index contributed by atoms with van der Waals surface area (Å²) in [6, 6.07) is 16.2. The predicted molar refractivity (Wildman–Crippen MR) is 115 cm³/mol. The third-order valence-corrected chi connectivity index (χ3v) is 5.23. The van der Waals surface area contributed by atoms with Crippen molar-refractivity contribution >= 4 is 27.8 Å². The van der Waals surface area contributed by atoms with Gasteiger partial charge in [0, 0.05) is 18.9 Å². The van der Waals surface area contributed by atoms with Crippen LogP contribution < -0.4 is 10.5 Å². The average Bonchev–Trinajstić information content (AvgIpc) is 3.05. The molecule has 2 aromatic carbocycles. The molecular formula is C23H26N4O. The molecule has 4 rings (SSSR count). The first-order chi connectivity index (χ1) is 13.6. The molecular weight excluding hydrogens is 348 g/mol. The van der Waals surface area contributed by atoms with Crippen molar-refractivity contribution in [2.75, 3.05) is 5.73 Å². The van der Waals surface area contributed by atoms with Crippen LogP contribution in [-0.2, 0) is 13.5 Å². The summed E-state index contributed by atoms with van der Waals surface area (Å²) in [5.41, 5.74) is 10.0. The lowest BCUT2D eigenvalue weighted by atomic mass is 10.1. The van der Waals surface area contributed by atoms with Crippen LogP contribution in [0.4, 0.5) is 5.82 Å². The van der Waals surface area contributed by atoms with E-state index >= 15 is 0 Å². The highest BCUT2D eigenvalue weighted by molar-refractivity contribution is 6.07. The topological polar surface area (TPSA) is 66.0 Å². The Balaban J connectivity index is 1.78. The molecule has 0 saturated carbocycles. The van der Waals surface area contributed by atoms with Crippen molar-refractivity contribution in [1.82, 2.24) is 14.5 Å². The number of unbranched alkanes of at least 4 members (excludes halogenated alkanes) is 1. The molecule has 2 heterocycles. The van der Waals surface area contributed by atoms with E-state index in [4.69, 9.17) is 15.5 Å². The Morgan fingerprint density at radius 1 is 1.11 bits per heavy atom. The molecule has 1 unspecified atom stereocenters. The standard InChI is InChI=1S/C23H26N4O/c1-4-5-11-20-26-21-22(27(20)3)18-14-17(12-13-19(18)25-23(21)24)28-15(2)16-9-7-6-8-10-16/h6-10,12-15H,4-5,11H2,1-3H3,(H2,24,25). The van der Waals surface area contributed by atoms with Gasteiger partial charge in [-0.25, -0.2) is 9.97 Å². The summed E-state index contributed by atoms with van der Waals surface area (Å²) in [4.78, 5) is 9.34. The fourth-order valence-corrected chi connectivity index (χ4v) is 3.64. The maximum absolute atomic E-state index is 6.21. The minimum absolute atomic E-state index is 0.0393. The van der Waals surface area contributed by atoms with Gasteiger partial charge in [-0.15, -0.1) is 0 Å². The van der Waals surface area contributed by atoms with E-state index in [9.17, 15) is 0 Å². The molecule has 28 heavy (non-hydrogen) atoms. The number of benzene rings is 2. The van der Waals surface area contributed by atoms with E-state index in [0.717, 1.165) is 58.3 Å². The van der Waals surface area contributed by atoms with Crippen LogP contribution in [0.15, 0.2) is 48.5 Å². The SMILES string of the molecule is CCCCc1nc2c(N)nc3ccc(OC(C)c4ccccc4)cc3c2n1C. The third kappa shape index (κ3) is 3.28. The van der Waals surface area contributed by atoms with Crippen LogP contribution in [0.25, 0.3) is 21.9 Å². The van der Waals surface area contributed by atoms with Gasteiger partial charge in [0.05, 0.1) is 11.0 Å².